The Morgan fingerprint density at radius 2 is 2.39 bits per heavy atom. The van der Waals surface area contributed by atoms with E-state index in [9.17, 15) is 4.79 Å². The van der Waals surface area contributed by atoms with Crippen molar-refractivity contribution >= 4 is 5.91 Å². The van der Waals surface area contributed by atoms with E-state index in [4.69, 9.17) is 4.74 Å². The third-order valence-corrected chi connectivity index (χ3v) is 3.51. The van der Waals surface area contributed by atoms with Gasteiger partial charge in [0.25, 0.3) is 6.01 Å². The van der Waals surface area contributed by atoms with E-state index in [1.54, 1.807) is 6.92 Å². The fraction of sp³-hybridized carbons (Fsp3) is 0.667. The number of piperazine rings is 1. The topological polar surface area (TPSA) is 59.4 Å². The minimum atomic E-state index is 0.0966. The zero-order valence-corrected chi connectivity index (χ0v) is 10.7. The fourth-order valence-electron chi connectivity index (χ4n) is 2.61. The molecular formula is C12H18N4O2. The Hall–Kier alpha value is -1.56. The lowest BCUT2D eigenvalue weighted by atomic mass is 10.1. The summed E-state index contributed by atoms with van der Waals surface area (Å²) in [4.78, 5) is 17.9. The monoisotopic (exact) mass is 250 g/mol. The summed E-state index contributed by atoms with van der Waals surface area (Å²) in [5.41, 5.74) is 0.961. The number of hydrogen-bond donors (Lipinski definition) is 1. The first-order chi connectivity index (χ1) is 8.63. The third kappa shape index (κ3) is 1.96. The number of ether oxygens (including phenoxy) is 1. The van der Waals surface area contributed by atoms with Crippen molar-refractivity contribution in [2.24, 2.45) is 0 Å². The van der Waals surface area contributed by atoms with Crippen molar-refractivity contribution in [3.63, 3.8) is 0 Å². The molecule has 6 heteroatoms. The van der Waals surface area contributed by atoms with Crippen LogP contribution in [0.5, 0.6) is 6.01 Å². The molecule has 0 aliphatic carbocycles. The predicted molar refractivity (Wildman–Crippen MR) is 65.3 cm³/mol. The highest BCUT2D eigenvalue weighted by atomic mass is 16.5. The maximum absolute atomic E-state index is 11.5. The number of carbonyl (C=O) groups is 1. The van der Waals surface area contributed by atoms with E-state index in [1.807, 2.05) is 15.7 Å². The van der Waals surface area contributed by atoms with Crippen molar-refractivity contribution in [2.75, 3.05) is 19.7 Å². The van der Waals surface area contributed by atoms with Crippen LogP contribution in [0.2, 0.25) is 0 Å². The van der Waals surface area contributed by atoms with Crippen LogP contribution in [0.3, 0.4) is 0 Å². The molecule has 0 saturated carbocycles. The van der Waals surface area contributed by atoms with Crippen LogP contribution in [0.15, 0.2) is 6.20 Å². The summed E-state index contributed by atoms with van der Waals surface area (Å²) in [7, 11) is 0. The standard InChI is InChI=1S/C12H18N4O2/c1-8-5-16(9(2)17)7-10(13-8)11-6-15-3-4-18-12(15)14-11/h6,8,10,13H,3-5,7H2,1-2H3. The minimum Gasteiger partial charge on any atom is -0.463 e. The van der Waals surface area contributed by atoms with Gasteiger partial charge in [-0.2, -0.15) is 4.98 Å². The lowest BCUT2D eigenvalue weighted by molar-refractivity contribution is -0.130. The van der Waals surface area contributed by atoms with E-state index < -0.39 is 0 Å². The van der Waals surface area contributed by atoms with E-state index in [0.29, 0.717) is 19.2 Å². The Kier molecular flexibility index (Phi) is 2.74. The predicted octanol–water partition coefficient (Wildman–Crippen LogP) is 0.157. The summed E-state index contributed by atoms with van der Waals surface area (Å²) in [5, 5.41) is 3.48. The van der Waals surface area contributed by atoms with Crippen molar-refractivity contribution in [3.05, 3.63) is 11.9 Å². The number of fused-ring (bicyclic) bond motifs is 1. The van der Waals surface area contributed by atoms with Crippen molar-refractivity contribution in [3.8, 4) is 6.01 Å². The molecule has 0 aromatic carbocycles. The van der Waals surface area contributed by atoms with Crippen LogP contribution in [0, 0.1) is 0 Å². The Morgan fingerprint density at radius 3 is 3.11 bits per heavy atom. The molecule has 6 nitrogen and oxygen atoms in total. The average molecular weight is 250 g/mol. The summed E-state index contributed by atoms with van der Waals surface area (Å²) in [6.07, 6.45) is 2.02. The Bertz CT molecular complexity index is 449. The van der Waals surface area contributed by atoms with Crippen molar-refractivity contribution in [2.45, 2.75) is 32.5 Å². The highest BCUT2D eigenvalue weighted by Gasteiger charge is 2.29. The van der Waals surface area contributed by atoms with E-state index in [2.05, 4.69) is 17.2 Å². The molecular weight excluding hydrogens is 232 g/mol. The zero-order valence-electron chi connectivity index (χ0n) is 10.7. The third-order valence-electron chi connectivity index (χ3n) is 3.51. The molecule has 0 radical (unpaired) electrons. The molecule has 1 fully saturated rings. The van der Waals surface area contributed by atoms with Gasteiger partial charge in [0.05, 0.1) is 18.3 Å². The van der Waals surface area contributed by atoms with Crippen LogP contribution in [0.25, 0.3) is 0 Å². The number of hydrogen-bond acceptors (Lipinski definition) is 4. The normalized spacial score (nSPS) is 26.9. The maximum Gasteiger partial charge on any atom is 0.296 e. The van der Waals surface area contributed by atoms with Gasteiger partial charge < -0.3 is 15.0 Å². The van der Waals surface area contributed by atoms with Crippen LogP contribution >= 0.6 is 0 Å². The molecule has 1 amide bonds. The highest BCUT2D eigenvalue weighted by Crippen LogP contribution is 2.24. The number of carbonyl (C=O) groups excluding carboxylic acids is 1. The Balaban J connectivity index is 1.80. The molecule has 1 N–H and O–H groups in total. The summed E-state index contributed by atoms with van der Waals surface area (Å²) in [6.45, 7) is 6.71. The summed E-state index contributed by atoms with van der Waals surface area (Å²) >= 11 is 0. The lowest BCUT2D eigenvalue weighted by Gasteiger charge is -2.36. The molecule has 2 aliphatic rings. The molecule has 2 unspecified atom stereocenters. The number of aromatic nitrogens is 2. The number of nitrogens with zero attached hydrogens (tertiary/aromatic N) is 3. The van der Waals surface area contributed by atoms with E-state index >= 15 is 0 Å². The van der Waals surface area contributed by atoms with Crippen molar-refractivity contribution in [1.82, 2.24) is 19.8 Å². The van der Waals surface area contributed by atoms with Gasteiger partial charge >= 0.3 is 0 Å². The molecule has 0 spiro atoms. The molecule has 98 valence electrons. The molecule has 3 heterocycles. The van der Waals surface area contributed by atoms with E-state index in [1.165, 1.54) is 0 Å². The SMILES string of the molecule is CC(=O)N1CC(C)NC(c2cn3c(n2)OCC3)C1. The number of nitrogens with one attached hydrogen (secondary N) is 1. The summed E-state index contributed by atoms with van der Waals surface area (Å²) in [5.74, 6) is 0.122. The Morgan fingerprint density at radius 1 is 1.56 bits per heavy atom. The lowest BCUT2D eigenvalue weighted by Crippen LogP contribution is -2.52. The summed E-state index contributed by atoms with van der Waals surface area (Å²) < 4.78 is 7.44. The average Bonchev–Trinajstić information content (AvgIpc) is 2.87. The van der Waals surface area contributed by atoms with Gasteiger partial charge in [-0.05, 0) is 6.92 Å². The molecule has 2 aliphatic heterocycles. The molecule has 18 heavy (non-hydrogen) atoms. The number of rotatable bonds is 1. The van der Waals surface area contributed by atoms with Gasteiger partial charge in [0, 0.05) is 32.3 Å². The van der Waals surface area contributed by atoms with Gasteiger partial charge in [0.1, 0.15) is 6.61 Å². The van der Waals surface area contributed by atoms with Crippen LogP contribution in [-0.4, -0.2) is 46.1 Å². The quantitative estimate of drug-likeness (QED) is 0.771. The van der Waals surface area contributed by atoms with Crippen LogP contribution in [0.1, 0.15) is 25.6 Å². The van der Waals surface area contributed by atoms with Crippen LogP contribution in [0.4, 0.5) is 0 Å². The minimum absolute atomic E-state index is 0.0966. The number of imidazole rings is 1. The van der Waals surface area contributed by atoms with Gasteiger partial charge in [0.2, 0.25) is 5.91 Å². The molecule has 0 bridgehead atoms. The van der Waals surface area contributed by atoms with Gasteiger partial charge in [-0.25, -0.2) is 0 Å². The number of amides is 1. The van der Waals surface area contributed by atoms with Crippen LogP contribution in [-0.2, 0) is 11.3 Å². The molecule has 1 aromatic heterocycles. The van der Waals surface area contributed by atoms with Gasteiger partial charge in [-0.15, -0.1) is 0 Å². The maximum atomic E-state index is 11.5. The highest BCUT2D eigenvalue weighted by molar-refractivity contribution is 5.73. The van der Waals surface area contributed by atoms with Gasteiger partial charge in [-0.1, -0.05) is 0 Å². The van der Waals surface area contributed by atoms with Gasteiger partial charge in [-0.3, -0.25) is 9.36 Å². The first-order valence-corrected chi connectivity index (χ1v) is 6.35. The second-order valence-electron chi connectivity index (χ2n) is 5.03. The first kappa shape index (κ1) is 11.5. The smallest absolute Gasteiger partial charge is 0.296 e. The van der Waals surface area contributed by atoms with Crippen molar-refractivity contribution in [1.29, 1.82) is 0 Å². The largest absolute Gasteiger partial charge is 0.463 e. The molecule has 1 saturated heterocycles. The zero-order chi connectivity index (χ0) is 12.7. The Labute approximate surface area is 106 Å². The molecule has 1 aromatic rings. The van der Waals surface area contributed by atoms with Gasteiger partial charge in [0.15, 0.2) is 0 Å². The summed E-state index contributed by atoms with van der Waals surface area (Å²) in [6, 6.07) is 1.07. The van der Waals surface area contributed by atoms with Crippen LogP contribution < -0.4 is 10.1 Å². The van der Waals surface area contributed by atoms with E-state index in [-0.39, 0.29) is 18.0 Å². The second-order valence-corrected chi connectivity index (χ2v) is 5.03. The van der Waals surface area contributed by atoms with E-state index in [0.717, 1.165) is 18.8 Å². The second kappa shape index (κ2) is 4.28. The molecule has 2 atom stereocenters. The van der Waals surface area contributed by atoms with Crippen molar-refractivity contribution < 1.29 is 9.53 Å². The fourth-order valence-corrected chi connectivity index (χ4v) is 2.61. The first-order valence-electron chi connectivity index (χ1n) is 6.35. The molecule has 3 rings (SSSR count).